The summed E-state index contributed by atoms with van der Waals surface area (Å²) >= 11 is 0. The second-order valence-corrected chi connectivity index (χ2v) is 12.0. The maximum absolute atomic E-state index is 14.0. The van der Waals surface area contributed by atoms with Crippen molar-refractivity contribution in [1.82, 2.24) is 10.3 Å². The Hall–Kier alpha value is -3.19. The summed E-state index contributed by atoms with van der Waals surface area (Å²) in [5, 5.41) is 13.0. The highest BCUT2D eigenvalue weighted by Gasteiger charge is 2.56. The van der Waals surface area contributed by atoms with Crippen LogP contribution in [0.3, 0.4) is 0 Å². The van der Waals surface area contributed by atoms with Gasteiger partial charge in [0.25, 0.3) is 5.91 Å². The quantitative estimate of drug-likeness (QED) is 0.533. The molecule has 13 heteroatoms. The van der Waals surface area contributed by atoms with Crippen LogP contribution in [0.25, 0.3) is 0 Å². The number of alkyl halides is 3. The number of hydrogen-bond donors (Lipinski definition) is 2. The Labute approximate surface area is 212 Å². The van der Waals surface area contributed by atoms with Crippen molar-refractivity contribution in [3.05, 3.63) is 54.4 Å². The van der Waals surface area contributed by atoms with Crippen LogP contribution >= 0.6 is 0 Å². The second kappa shape index (κ2) is 10.7. The number of hydrogen-bond acceptors (Lipinski definition) is 7. The number of nitrogens with one attached hydrogen (secondary N) is 1. The zero-order valence-electron chi connectivity index (χ0n) is 20.4. The van der Waals surface area contributed by atoms with Crippen molar-refractivity contribution in [3.63, 3.8) is 0 Å². The molecule has 1 aromatic heterocycles. The van der Waals surface area contributed by atoms with Gasteiger partial charge in [0.2, 0.25) is 5.60 Å². The Kier molecular flexibility index (Phi) is 8.18. The molecule has 2 N–H and O–H groups in total. The fourth-order valence-corrected chi connectivity index (χ4v) is 5.52. The highest BCUT2D eigenvalue weighted by atomic mass is 32.2. The number of benzene rings is 1. The van der Waals surface area contributed by atoms with E-state index in [-0.39, 0.29) is 17.9 Å². The molecule has 202 valence electrons. The van der Waals surface area contributed by atoms with Crippen LogP contribution in [0.4, 0.5) is 18.0 Å². The third kappa shape index (κ3) is 7.41. The van der Waals surface area contributed by atoms with Crippen LogP contribution < -0.4 is 10.1 Å². The van der Waals surface area contributed by atoms with Gasteiger partial charge in [-0.2, -0.15) is 17.5 Å². The molecular weight excluding hydrogens is 515 g/mol. The first-order valence-corrected chi connectivity index (χ1v) is 13.2. The van der Waals surface area contributed by atoms with Gasteiger partial charge in [-0.3, -0.25) is 9.78 Å². The first-order valence-electron chi connectivity index (χ1n) is 11.3. The molecule has 1 aliphatic rings. The minimum absolute atomic E-state index is 0.103. The third-order valence-corrected chi connectivity index (χ3v) is 7.59. The van der Waals surface area contributed by atoms with E-state index in [0.717, 1.165) is 12.3 Å². The van der Waals surface area contributed by atoms with E-state index in [4.69, 9.17) is 9.47 Å². The Morgan fingerprint density at radius 2 is 1.81 bits per heavy atom. The number of aromatic nitrogens is 1. The fourth-order valence-electron chi connectivity index (χ4n) is 3.46. The highest BCUT2D eigenvalue weighted by Crippen LogP contribution is 2.41. The topological polar surface area (TPSA) is 127 Å². The van der Waals surface area contributed by atoms with Gasteiger partial charge < -0.3 is 19.9 Å². The van der Waals surface area contributed by atoms with Gasteiger partial charge >= 0.3 is 12.3 Å². The number of halogens is 3. The monoisotopic (exact) mass is 543 g/mol. The lowest BCUT2D eigenvalue weighted by Crippen LogP contribution is -2.47. The molecule has 2 unspecified atom stereocenters. The number of carbonyl (C=O) groups is 2. The number of rotatable bonds is 7. The van der Waals surface area contributed by atoms with Gasteiger partial charge in [-0.05, 0) is 51.5 Å². The van der Waals surface area contributed by atoms with Crippen molar-refractivity contribution >= 4 is 21.7 Å². The number of carbonyl (C=O) groups excluding carboxylic acids is 2. The van der Waals surface area contributed by atoms with Gasteiger partial charge in [0.1, 0.15) is 23.1 Å². The molecule has 0 bridgehead atoms. The van der Waals surface area contributed by atoms with Gasteiger partial charge in [-0.25, -0.2) is 9.00 Å². The maximum Gasteiger partial charge on any atom is 0.423 e. The van der Waals surface area contributed by atoms with Crippen molar-refractivity contribution in [2.75, 3.05) is 11.5 Å². The van der Waals surface area contributed by atoms with E-state index in [2.05, 4.69) is 14.7 Å². The Morgan fingerprint density at radius 1 is 1.14 bits per heavy atom. The largest absolute Gasteiger partial charge is 0.456 e. The molecule has 3 rings (SSSR count). The number of amides is 2. The van der Waals surface area contributed by atoms with E-state index in [1.807, 2.05) is 0 Å². The number of ether oxygens (including phenoxy) is 2. The molecule has 2 heterocycles. The molecule has 3 atom stereocenters. The molecule has 1 aromatic carbocycles. The lowest BCUT2D eigenvalue weighted by molar-refractivity contribution is -0.268. The predicted octanol–water partition coefficient (Wildman–Crippen LogP) is 4.31. The van der Waals surface area contributed by atoms with Crippen molar-refractivity contribution in [2.45, 2.75) is 57.0 Å². The summed E-state index contributed by atoms with van der Waals surface area (Å²) in [7, 11) is -3.42. The summed E-state index contributed by atoms with van der Waals surface area (Å²) in [5.41, 5.74) is -4.96. The van der Waals surface area contributed by atoms with E-state index in [1.165, 1.54) is 6.07 Å². The van der Waals surface area contributed by atoms with Gasteiger partial charge in [-0.15, -0.1) is 0 Å². The van der Waals surface area contributed by atoms with Gasteiger partial charge in [-0.1, -0.05) is 18.2 Å². The van der Waals surface area contributed by atoms with E-state index in [0.29, 0.717) is 5.75 Å². The molecule has 0 fully saturated rings. The average Bonchev–Trinajstić information content (AvgIpc) is 2.79. The van der Waals surface area contributed by atoms with Crippen LogP contribution in [-0.4, -0.2) is 55.6 Å². The minimum atomic E-state index is -5.16. The summed E-state index contributed by atoms with van der Waals surface area (Å²) in [6.07, 6.45) is -6.12. The molecule has 0 saturated carbocycles. The van der Waals surface area contributed by atoms with Gasteiger partial charge in [0.05, 0.1) is 21.6 Å². The second-order valence-electron chi connectivity index (χ2n) is 9.50. The molecular formula is C24H28F3N3O6S. The van der Waals surface area contributed by atoms with Crippen LogP contribution in [0.15, 0.2) is 53.0 Å². The van der Waals surface area contributed by atoms with Crippen LogP contribution in [0, 0.1) is 0 Å². The molecule has 37 heavy (non-hydrogen) atoms. The van der Waals surface area contributed by atoms with Gasteiger partial charge in [0.15, 0.2) is 0 Å². The molecule has 0 radical (unpaired) electrons. The Bertz CT molecular complexity index is 1240. The Balaban J connectivity index is 1.73. The lowest BCUT2D eigenvalue weighted by Gasteiger charge is -2.31. The van der Waals surface area contributed by atoms with Crippen molar-refractivity contribution in [3.8, 4) is 11.5 Å². The van der Waals surface area contributed by atoms with Crippen molar-refractivity contribution in [1.29, 1.82) is 0 Å². The first kappa shape index (κ1) is 28.4. The fraction of sp³-hybridized carbons (Fsp3) is 0.458. The van der Waals surface area contributed by atoms with E-state index in [1.54, 1.807) is 51.1 Å². The number of aliphatic hydroxyl groups is 1. The summed E-state index contributed by atoms with van der Waals surface area (Å²) < 4.78 is 69.1. The predicted molar refractivity (Wildman–Crippen MR) is 128 cm³/mol. The molecule has 0 spiro atoms. The standard InChI is InChI=1S/C24H28F3N3O6S/c1-22(2,3)36-21(32)29-18-11-13-37(34,30-20(18)31)14-12-23(33,24(25,26)27)19-10-9-17(15-28-19)35-16-7-5-4-6-8-16/h4-10,15,18,33H,11-14H2,1-3H3,(H,29,32)/t18-,23?,37?/m0/s1. The lowest BCUT2D eigenvalue weighted by atomic mass is 9.95. The van der Waals surface area contributed by atoms with Crippen LogP contribution in [-0.2, 0) is 24.9 Å². The molecule has 0 saturated heterocycles. The number of para-hydroxylation sites is 1. The molecule has 0 aliphatic carbocycles. The molecule has 2 amide bonds. The van der Waals surface area contributed by atoms with E-state index in [9.17, 15) is 32.1 Å². The average molecular weight is 544 g/mol. The van der Waals surface area contributed by atoms with E-state index < -0.39 is 63.0 Å². The van der Waals surface area contributed by atoms with Gasteiger partial charge in [0, 0.05) is 17.9 Å². The normalized spacial score (nSPS) is 21.9. The smallest absolute Gasteiger partial charge is 0.423 e. The Morgan fingerprint density at radius 3 is 2.35 bits per heavy atom. The number of nitrogens with zero attached hydrogens (tertiary/aromatic N) is 2. The SMILES string of the molecule is CC(C)(C)OC(=O)N[C@H]1CCS(=O)(CCC(O)(c2ccc(Oc3ccccc3)cn2)C(F)(F)F)=NC1=O. The van der Waals surface area contributed by atoms with Crippen LogP contribution in [0.2, 0.25) is 0 Å². The molecule has 1 aliphatic heterocycles. The highest BCUT2D eigenvalue weighted by molar-refractivity contribution is 7.93. The first-order chi connectivity index (χ1) is 17.1. The third-order valence-electron chi connectivity index (χ3n) is 5.36. The minimum Gasteiger partial charge on any atom is -0.456 e. The molecule has 2 aromatic rings. The summed E-state index contributed by atoms with van der Waals surface area (Å²) in [6, 6.07) is 9.61. The molecule has 9 nitrogen and oxygen atoms in total. The van der Waals surface area contributed by atoms with Crippen LogP contribution in [0.1, 0.15) is 39.3 Å². The van der Waals surface area contributed by atoms with Crippen LogP contribution in [0.5, 0.6) is 11.5 Å². The summed E-state index contributed by atoms with van der Waals surface area (Å²) in [4.78, 5) is 28.0. The zero-order chi connectivity index (χ0) is 27.5. The number of pyridine rings is 1. The number of alkyl carbamates (subject to hydrolysis) is 1. The van der Waals surface area contributed by atoms with E-state index >= 15 is 0 Å². The summed E-state index contributed by atoms with van der Waals surface area (Å²) in [5.74, 6) is -1.29. The maximum atomic E-state index is 14.0. The zero-order valence-corrected chi connectivity index (χ0v) is 21.3. The van der Waals surface area contributed by atoms with Crippen molar-refractivity contribution < 1.29 is 41.5 Å². The summed E-state index contributed by atoms with van der Waals surface area (Å²) in [6.45, 7) is 4.90. The van der Waals surface area contributed by atoms with Crippen molar-refractivity contribution in [2.24, 2.45) is 4.36 Å².